The summed E-state index contributed by atoms with van der Waals surface area (Å²) in [5.41, 5.74) is -0.411. The average molecular weight is 320 g/mol. The fraction of sp³-hybridized carbons (Fsp3) is 0.611. The van der Waals surface area contributed by atoms with Crippen molar-refractivity contribution in [1.29, 1.82) is 5.26 Å². The molecule has 1 saturated heterocycles. The van der Waals surface area contributed by atoms with Gasteiger partial charge in [0.15, 0.2) is 0 Å². The van der Waals surface area contributed by atoms with Gasteiger partial charge >= 0.3 is 0 Å². The summed E-state index contributed by atoms with van der Waals surface area (Å²) in [5.74, 6) is -0.439. The van der Waals surface area contributed by atoms with Gasteiger partial charge in [0.25, 0.3) is 0 Å². The molecular weight excluding hydrogens is 295 g/mol. The number of ether oxygens (including phenoxy) is 1. The predicted molar refractivity (Wildman–Crippen MR) is 86.3 cm³/mol. The van der Waals surface area contributed by atoms with E-state index in [0.717, 1.165) is 32.2 Å². The first-order valence-electron chi connectivity index (χ1n) is 8.24. The summed E-state index contributed by atoms with van der Waals surface area (Å²) in [6.07, 6.45) is 3.94. The van der Waals surface area contributed by atoms with E-state index in [9.17, 15) is 14.8 Å². The Morgan fingerprint density at radius 1 is 1.48 bits per heavy atom. The van der Waals surface area contributed by atoms with E-state index < -0.39 is 11.4 Å². The molecule has 0 aliphatic carbocycles. The Balaban J connectivity index is 2.32. The summed E-state index contributed by atoms with van der Waals surface area (Å²) >= 11 is 0. The van der Waals surface area contributed by atoms with Gasteiger partial charge in [0.1, 0.15) is 5.82 Å². The van der Waals surface area contributed by atoms with Gasteiger partial charge in [-0.05, 0) is 56.8 Å². The molecule has 2 rings (SSSR count). The van der Waals surface area contributed by atoms with Crippen molar-refractivity contribution < 1.29 is 14.2 Å². The number of methoxy groups -OCH3 is 1. The SMILES string of the molecule is COCCCC[C@@](O)(c1cc(F)ccc1C#N)[C@@H]1CCCNC1. The van der Waals surface area contributed by atoms with E-state index in [1.54, 1.807) is 7.11 Å². The van der Waals surface area contributed by atoms with Gasteiger partial charge in [-0.25, -0.2) is 4.39 Å². The monoisotopic (exact) mass is 320 g/mol. The molecule has 0 bridgehead atoms. The number of nitrogens with zero attached hydrogens (tertiary/aromatic N) is 1. The van der Waals surface area contributed by atoms with Crippen molar-refractivity contribution in [2.45, 2.75) is 37.7 Å². The number of piperidine rings is 1. The molecule has 1 fully saturated rings. The van der Waals surface area contributed by atoms with Crippen LogP contribution < -0.4 is 5.32 Å². The normalized spacial score (nSPS) is 20.7. The van der Waals surface area contributed by atoms with Crippen molar-refractivity contribution in [3.05, 3.63) is 35.1 Å². The smallest absolute Gasteiger partial charge is 0.123 e. The Kier molecular flexibility index (Phi) is 6.52. The molecule has 126 valence electrons. The van der Waals surface area contributed by atoms with Crippen LogP contribution >= 0.6 is 0 Å². The molecular formula is C18H25FN2O2. The molecule has 0 aromatic heterocycles. The largest absolute Gasteiger partial charge is 0.385 e. The Morgan fingerprint density at radius 2 is 2.30 bits per heavy atom. The van der Waals surface area contributed by atoms with E-state index in [2.05, 4.69) is 11.4 Å². The highest BCUT2D eigenvalue weighted by Crippen LogP contribution is 2.40. The third-order valence-corrected chi connectivity index (χ3v) is 4.70. The molecule has 0 saturated carbocycles. The fourth-order valence-corrected chi connectivity index (χ4v) is 3.43. The molecule has 0 spiro atoms. The number of nitriles is 1. The number of halogens is 1. The van der Waals surface area contributed by atoms with Crippen LogP contribution in [0.3, 0.4) is 0 Å². The second kappa shape index (κ2) is 8.39. The molecule has 0 amide bonds. The molecule has 1 aliphatic rings. The van der Waals surface area contributed by atoms with Crippen LogP contribution in [0.5, 0.6) is 0 Å². The van der Waals surface area contributed by atoms with Crippen molar-refractivity contribution in [1.82, 2.24) is 5.32 Å². The average Bonchev–Trinajstić information content (AvgIpc) is 2.59. The van der Waals surface area contributed by atoms with Gasteiger partial charge in [0.2, 0.25) is 0 Å². The molecule has 2 atom stereocenters. The highest BCUT2D eigenvalue weighted by Gasteiger charge is 2.40. The van der Waals surface area contributed by atoms with Crippen LogP contribution in [-0.2, 0) is 10.3 Å². The number of benzene rings is 1. The Hall–Kier alpha value is -1.48. The lowest BCUT2D eigenvalue weighted by atomic mass is 9.73. The van der Waals surface area contributed by atoms with Crippen LogP contribution in [-0.4, -0.2) is 31.9 Å². The minimum absolute atomic E-state index is 0.0207. The molecule has 1 aromatic rings. The fourth-order valence-electron chi connectivity index (χ4n) is 3.43. The van der Waals surface area contributed by atoms with Crippen LogP contribution in [0.1, 0.15) is 43.2 Å². The van der Waals surface area contributed by atoms with Gasteiger partial charge in [-0.1, -0.05) is 0 Å². The minimum atomic E-state index is -1.19. The van der Waals surface area contributed by atoms with E-state index in [1.165, 1.54) is 18.2 Å². The molecule has 2 N–H and O–H groups in total. The molecule has 23 heavy (non-hydrogen) atoms. The standard InChI is InChI=1S/C18H25FN2O2/c1-23-10-3-2-8-18(22,15-5-4-9-21-13-15)17-11-16(19)7-6-14(17)12-20/h6-7,11,15,21-22H,2-5,8-10,13H2,1H3/t15-,18+/m1/s1. The maximum atomic E-state index is 13.8. The first kappa shape index (κ1) is 17.9. The van der Waals surface area contributed by atoms with Gasteiger partial charge in [0.05, 0.1) is 17.2 Å². The second-order valence-electron chi connectivity index (χ2n) is 6.22. The number of unbranched alkanes of at least 4 members (excludes halogenated alkanes) is 1. The maximum Gasteiger partial charge on any atom is 0.123 e. The number of aliphatic hydroxyl groups is 1. The summed E-state index contributed by atoms with van der Waals surface area (Å²) in [6, 6.07) is 6.15. The van der Waals surface area contributed by atoms with Crippen LogP contribution in [0.25, 0.3) is 0 Å². The third kappa shape index (κ3) is 4.29. The van der Waals surface area contributed by atoms with Crippen molar-refractivity contribution >= 4 is 0 Å². The lowest BCUT2D eigenvalue weighted by Gasteiger charge is -2.40. The van der Waals surface area contributed by atoms with Crippen LogP contribution in [0.15, 0.2) is 18.2 Å². The quantitative estimate of drug-likeness (QED) is 0.758. The highest BCUT2D eigenvalue weighted by atomic mass is 19.1. The Bertz CT molecular complexity index is 552. The molecule has 1 aromatic carbocycles. The molecule has 1 heterocycles. The number of hydrogen-bond donors (Lipinski definition) is 2. The van der Waals surface area contributed by atoms with E-state index >= 15 is 0 Å². The van der Waals surface area contributed by atoms with Crippen molar-refractivity contribution in [2.24, 2.45) is 5.92 Å². The Morgan fingerprint density at radius 3 is 2.96 bits per heavy atom. The Labute approximate surface area is 137 Å². The van der Waals surface area contributed by atoms with Crippen molar-refractivity contribution in [2.75, 3.05) is 26.8 Å². The van der Waals surface area contributed by atoms with Gasteiger partial charge in [-0.2, -0.15) is 5.26 Å². The second-order valence-corrected chi connectivity index (χ2v) is 6.22. The summed E-state index contributed by atoms with van der Waals surface area (Å²) < 4.78 is 18.8. The summed E-state index contributed by atoms with van der Waals surface area (Å²) in [6.45, 7) is 2.25. The van der Waals surface area contributed by atoms with Crippen LogP contribution in [0.2, 0.25) is 0 Å². The first-order valence-corrected chi connectivity index (χ1v) is 8.24. The van der Waals surface area contributed by atoms with Gasteiger partial charge in [-0.3, -0.25) is 0 Å². The lowest BCUT2D eigenvalue weighted by molar-refractivity contribution is -0.0438. The zero-order valence-electron chi connectivity index (χ0n) is 13.6. The van der Waals surface area contributed by atoms with E-state index in [-0.39, 0.29) is 5.92 Å². The lowest BCUT2D eigenvalue weighted by Crippen LogP contribution is -2.44. The zero-order chi connectivity index (χ0) is 16.7. The van der Waals surface area contributed by atoms with Crippen LogP contribution in [0.4, 0.5) is 4.39 Å². The summed E-state index contributed by atoms with van der Waals surface area (Å²) in [7, 11) is 1.65. The minimum Gasteiger partial charge on any atom is -0.385 e. The van der Waals surface area contributed by atoms with Crippen LogP contribution in [0, 0.1) is 23.1 Å². The van der Waals surface area contributed by atoms with Crippen molar-refractivity contribution in [3.8, 4) is 6.07 Å². The molecule has 4 nitrogen and oxygen atoms in total. The summed E-state index contributed by atoms with van der Waals surface area (Å²) in [5, 5.41) is 24.1. The topological polar surface area (TPSA) is 65.3 Å². The van der Waals surface area contributed by atoms with E-state index in [1.807, 2.05) is 0 Å². The van der Waals surface area contributed by atoms with E-state index in [4.69, 9.17) is 4.74 Å². The third-order valence-electron chi connectivity index (χ3n) is 4.70. The maximum absolute atomic E-state index is 13.8. The molecule has 0 radical (unpaired) electrons. The first-order chi connectivity index (χ1) is 11.1. The highest BCUT2D eigenvalue weighted by molar-refractivity contribution is 5.42. The molecule has 0 unspecified atom stereocenters. The van der Waals surface area contributed by atoms with Gasteiger partial charge < -0.3 is 15.2 Å². The number of nitrogens with one attached hydrogen (secondary N) is 1. The van der Waals surface area contributed by atoms with Crippen molar-refractivity contribution in [3.63, 3.8) is 0 Å². The zero-order valence-corrected chi connectivity index (χ0v) is 13.6. The van der Waals surface area contributed by atoms with E-state index in [0.29, 0.717) is 30.7 Å². The van der Waals surface area contributed by atoms with Gasteiger partial charge in [-0.15, -0.1) is 0 Å². The number of hydrogen-bond acceptors (Lipinski definition) is 4. The molecule has 1 aliphatic heterocycles. The predicted octanol–water partition coefficient (Wildman–Crippen LogP) is 2.70. The summed E-state index contributed by atoms with van der Waals surface area (Å²) in [4.78, 5) is 0. The van der Waals surface area contributed by atoms with Gasteiger partial charge in [0, 0.05) is 31.7 Å². The molecule has 5 heteroatoms. The number of rotatable bonds is 7.